The van der Waals surface area contributed by atoms with Crippen molar-refractivity contribution >= 4 is 17.9 Å². The summed E-state index contributed by atoms with van der Waals surface area (Å²) < 4.78 is 10.7. The summed E-state index contributed by atoms with van der Waals surface area (Å²) in [4.78, 5) is 10.5. The van der Waals surface area contributed by atoms with E-state index in [9.17, 15) is 4.79 Å². The Kier molecular flexibility index (Phi) is 3.41. The maximum absolute atomic E-state index is 10.5. The molecule has 15 heavy (non-hydrogen) atoms. The molecule has 1 saturated heterocycles. The van der Waals surface area contributed by atoms with Gasteiger partial charge in [0.2, 0.25) is 0 Å². The molecule has 1 heterocycles. The first kappa shape index (κ1) is 11.1. The van der Waals surface area contributed by atoms with Gasteiger partial charge in [0.15, 0.2) is 0 Å². The third-order valence-corrected chi connectivity index (χ3v) is 4.51. The van der Waals surface area contributed by atoms with Crippen LogP contribution in [0.5, 0.6) is 0 Å². The Balaban J connectivity index is 1.80. The zero-order valence-corrected chi connectivity index (χ0v) is 9.55. The summed E-state index contributed by atoms with van der Waals surface area (Å²) in [5.74, 6) is 0.910. The highest BCUT2D eigenvalue weighted by Crippen LogP contribution is 2.46. The molecule has 86 valence electrons. The molecule has 1 aliphatic heterocycles. The molecule has 0 radical (unpaired) electrons. The maximum atomic E-state index is 10.5. The molecule has 2 rings (SSSR count). The van der Waals surface area contributed by atoms with E-state index in [0.29, 0.717) is 6.61 Å². The number of nitrogens with two attached hydrogens (primary N) is 1. The van der Waals surface area contributed by atoms with Crippen molar-refractivity contribution < 1.29 is 14.3 Å². The van der Waals surface area contributed by atoms with E-state index < -0.39 is 6.09 Å². The van der Waals surface area contributed by atoms with E-state index in [-0.39, 0.29) is 11.0 Å². The van der Waals surface area contributed by atoms with Crippen LogP contribution in [0.25, 0.3) is 0 Å². The van der Waals surface area contributed by atoms with Crippen LogP contribution >= 0.6 is 11.8 Å². The third kappa shape index (κ3) is 2.78. The number of thioether (sulfide) groups is 1. The molecule has 2 fully saturated rings. The lowest BCUT2D eigenvalue weighted by Crippen LogP contribution is -2.31. The summed E-state index contributed by atoms with van der Waals surface area (Å²) in [6.45, 7) is 0.296. The lowest BCUT2D eigenvalue weighted by atomic mass is 9.97. The number of carbonyl (C=O) groups is 1. The Bertz CT molecular complexity index is 241. The summed E-state index contributed by atoms with van der Waals surface area (Å²) in [6.07, 6.45) is 5.38. The second kappa shape index (κ2) is 4.61. The van der Waals surface area contributed by atoms with Gasteiger partial charge in [-0.15, -0.1) is 11.8 Å². The largest absolute Gasteiger partial charge is 0.447 e. The van der Waals surface area contributed by atoms with Crippen molar-refractivity contribution in [3.63, 3.8) is 0 Å². The average molecular weight is 231 g/mol. The molecule has 0 aromatic rings. The average Bonchev–Trinajstić information content (AvgIpc) is 2.60. The van der Waals surface area contributed by atoms with E-state index in [0.717, 1.165) is 18.6 Å². The highest BCUT2D eigenvalue weighted by molar-refractivity contribution is 8.00. The summed E-state index contributed by atoms with van der Waals surface area (Å²) in [6, 6.07) is 0. The topological polar surface area (TPSA) is 61.6 Å². The normalized spacial score (nSPS) is 29.2. The number of carbonyl (C=O) groups excluding carboxylic acids is 1. The minimum atomic E-state index is -0.715. The molecule has 1 aliphatic carbocycles. The van der Waals surface area contributed by atoms with E-state index in [1.165, 1.54) is 19.3 Å². The summed E-state index contributed by atoms with van der Waals surface area (Å²) in [5.41, 5.74) is 4.92. The van der Waals surface area contributed by atoms with Gasteiger partial charge < -0.3 is 15.2 Å². The first-order chi connectivity index (χ1) is 7.20. The minimum Gasteiger partial charge on any atom is -0.447 e. The predicted octanol–water partition coefficient (Wildman–Crippen LogP) is 1.87. The van der Waals surface area contributed by atoms with Gasteiger partial charge in [0.25, 0.3) is 0 Å². The zero-order chi connectivity index (χ0) is 10.7. The summed E-state index contributed by atoms with van der Waals surface area (Å²) in [7, 11) is 0. The van der Waals surface area contributed by atoms with Crippen molar-refractivity contribution in [2.24, 2.45) is 5.73 Å². The maximum Gasteiger partial charge on any atom is 0.404 e. The van der Waals surface area contributed by atoms with Gasteiger partial charge in [-0.1, -0.05) is 6.42 Å². The molecule has 5 heteroatoms. The van der Waals surface area contributed by atoms with Crippen molar-refractivity contribution in [2.75, 3.05) is 12.4 Å². The SMILES string of the molecule is NC(=O)OCC1CSC2(CCCCC2)O1. The Labute approximate surface area is 93.9 Å². The van der Waals surface area contributed by atoms with E-state index in [1.807, 2.05) is 11.8 Å². The van der Waals surface area contributed by atoms with E-state index >= 15 is 0 Å². The van der Waals surface area contributed by atoms with Crippen molar-refractivity contribution in [1.82, 2.24) is 0 Å². The van der Waals surface area contributed by atoms with Crippen LogP contribution < -0.4 is 5.73 Å². The van der Waals surface area contributed by atoms with Crippen LogP contribution in [0, 0.1) is 0 Å². The highest BCUT2D eigenvalue weighted by atomic mass is 32.2. The van der Waals surface area contributed by atoms with Gasteiger partial charge >= 0.3 is 6.09 Å². The van der Waals surface area contributed by atoms with Crippen molar-refractivity contribution in [2.45, 2.75) is 43.1 Å². The fourth-order valence-electron chi connectivity index (χ4n) is 2.23. The van der Waals surface area contributed by atoms with E-state index in [2.05, 4.69) is 0 Å². The minimum absolute atomic E-state index is 0.0178. The monoisotopic (exact) mass is 231 g/mol. The third-order valence-electron chi connectivity index (χ3n) is 2.94. The van der Waals surface area contributed by atoms with Crippen LogP contribution in [0.3, 0.4) is 0 Å². The highest BCUT2D eigenvalue weighted by Gasteiger charge is 2.41. The van der Waals surface area contributed by atoms with Gasteiger partial charge in [-0.2, -0.15) is 0 Å². The van der Waals surface area contributed by atoms with Crippen molar-refractivity contribution in [3.05, 3.63) is 0 Å². The summed E-state index contributed by atoms with van der Waals surface area (Å²) >= 11 is 1.87. The quantitative estimate of drug-likeness (QED) is 0.788. The Hall–Kier alpha value is -0.420. The molecule has 0 aromatic carbocycles. The fourth-order valence-corrected chi connectivity index (χ4v) is 3.66. The van der Waals surface area contributed by atoms with Crippen LogP contribution in [-0.4, -0.2) is 29.5 Å². The molecule has 1 unspecified atom stereocenters. The molecular weight excluding hydrogens is 214 g/mol. The van der Waals surface area contributed by atoms with E-state index in [1.54, 1.807) is 0 Å². The summed E-state index contributed by atoms with van der Waals surface area (Å²) in [5, 5.41) is 0. The first-order valence-electron chi connectivity index (χ1n) is 5.44. The molecular formula is C10H17NO3S. The second-order valence-electron chi connectivity index (χ2n) is 4.15. The first-order valence-corrected chi connectivity index (χ1v) is 6.43. The molecule has 1 spiro atoms. The number of rotatable bonds is 2. The number of hydrogen-bond acceptors (Lipinski definition) is 4. The molecule has 1 atom stereocenters. The number of amides is 1. The molecule has 0 bridgehead atoms. The molecule has 4 nitrogen and oxygen atoms in total. The molecule has 2 aliphatic rings. The van der Waals surface area contributed by atoms with E-state index in [4.69, 9.17) is 15.2 Å². The molecule has 1 saturated carbocycles. The van der Waals surface area contributed by atoms with Gasteiger partial charge in [-0.05, 0) is 25.7 Å². The number of primary amides is 1. The van der Waals surface area contributed by atoms with Gasteiger partial charge in [-0.3, -0.25) is 0 Å². The fraction of sp³-hybridized carbons (Fsp3) is 0.900. The van der Waals surface area contributed by atoms with Gasteiger partial charge in [-0.25, -0.2) is 4.79 Å². The van der Waals surface area contributed by atoms with Gasteiger partial charge in [0.05, 0.1) is 0 Å². The number of hydrogen-bond donors (Lipinski definition) is 1. The lowest BCUT2D eigenvalue weighted by Gasteiger charge is -2.32. The number of ether oxygens (including phenoxy) is 2. The molecule has 0 aromatic heterocycles. The Morgan fingerprint density at radius 1 is 1.47 bits per heavy atom. The van der Waals surface area contributed by atoms with Gasteiger partial charge in [0, 0.05) is 5.75 Å². The smallest absolute Gasteiger partial charge is 0.404 e. The molecule has 1 amide bonds. The van der Waals surface area contributed by atoms with Crippen LogP contribution in [0.15, 0.2) is 0 Å². The van der Waals surface area contributed by atoms with Crippen molar-refractivity contribution in [3.8, 4) is 0 Å². The predicted molar refractivity (Wildman–Crippen MR) is 58.7 cm³/mol. The van der Waals surface area contributed by atoms with Gasteiger partial charge in [0.1, 0.15) is 17.6 Å². The Morgan fingerprint density at radius 3 is 2.87 bits per heavy atom. The second-order valence-corrected chi connectivity index (χ2v) is 5.52. The van der Waals surface area contributed by atoms with Crippen molar-refractivity contribution in [1.29, 1.82) is 0 Å². The van der Waals surface area contributed by atoms with Crippen LogP contribution in [-0.2, 0) is 9.47 Å². The zero-order valence-electron chi connectivity index (χ0n) is 8.74. The van der Waals surface area contributed by atoms with Crippen LogP contribution in [0.1, 0.15) is 32.1 Å². The Morgan fingerprint density at radius 2 is 2.20 bits per heavy atom. The molecule has 2 N–H and O–H groups in total. The van der Waals surface area contributed by atoms with Crippen LogP contribution in [0.2, 0.25) is 0 Å². The van der Waals surface area contributed by atoms with Crippen LogP contribution in [0.4, 0.5) is 4.79 Å². The standard InChI is InChI=1S/C10H17NO3S/c11-9(12)13-6-8-7-15-10(14-8)4-2-1-3-5-10/h8H,1-7H2,(H2,11,12). The lowest BCUT2D eigenvalue weighted by molar-refractivity contribution is -0.0497.